The van der Waals surface area contributed by atoms with Gasteiger partial charge in [-0.2, -0.15) is 0 Å². The summed E-state index contributed by atoms with van der Waals surface area (Å²) in [6, 6.07) is 9.28. The van der Waals surface area contributed by atoms with E-state index >= 15 is 0 Å². The summed E-state index contributed by atoms with van der Waals surface area (Å²) in [6.07, 6.45) is 0.832. The van der Waals surface area contributed by atoms with Crippen LogP contribution in [0.2, 0.25) is 0 Å². The topological polar surface area (TPSA) is 89.3 Å². The maximum Gasteiger partial charge on any atom is 0.221 e. The molecule has 0 radical (unpaired) electrons. The lowest BCUT2D eigenvalue weighted by atomic mass is 9.83. The lowest BCUT2D eigenvalue weighted by Gasteiger charge is -2.18. The van der Waals surface area contributed by atoms with Gasteiger partial charge in [-0.05, 0) is 35.4 Å². The van der Waals surface area contributed by atoms with E-state index in [0.717, 1.165) is 16.2 Å². The van der Waals surface area contributed by atoms with E-state index < -0.39 is 5.92 Å². The number of carbonyl (C=O) groups is 3. The van der Waals surface area contributed by atoms with Gasteiger partial charge in [0.1, 0.15) is 17.3 Å². The second kappa shape index (κ2) is 5.81. The number of hydrogen-bond donors (Lipinski definition) is 1. The zero-order chi connectivity index (χ0) is 17.6. The standard InChI is InChI=1S/C19H16N2O4/c1-10(22)20-12-3-5-14-11(8-12)2-7-17-18(14)19(21-25-17)15-6-4-13(23)9-16(15)24/h2-3,5,7-8,15H,4,6,9H2,1H3,(H,20,22). The maximum atomic E-state index is 12.3. The van der Waals surface area contributed by atoms with Crippen LogP contribution in [0.3, 0.4) is 0 Å². The first-order chi connectivity index (χ1) is 12.0. The van der Waals surface area contributed by atoms with Crippen molar-refractivity contribution in [3.8, 4) is 0 Å². The summed E-state index contributed by atoms with van der Waals surface area (Å²) in [4.78, 5) is 35.0. The van der Waals surface area contributed by atoms with Crippen molar-refractivity contribution in [3.63, 3.8) is 0 Å². The molecule has 4 rings (SSSR count). The summed E-state index contributed by atoms with van der Waals surface area (Å²) in [7, 11) is 0. The van der Waals surface area contributed by atoms with Crippen molar-refractivity contribution in [2.45, 2.75) is 32.1 Å². The van der Waals surface area contributed by atoms with Crippen molar-refractivity contribution in [3.05, 3.63) is 36.0 Å². The van der Waals surface area contributed by atoms with Gasteiger partial charge in [0.05, 0.1) is 17.7 Å². The summed E-state index contributed by atoms with van der Waals surface area (Å²) in [5.74, 6) is -0.652. The smallest absolute Gasteiger partial charge is 0.221 e. The number of rotatable bonds is 2. The van der Waals surface area contributed by atoms with E-state index in [4.69, 9.17) is 4.52 Å². The average Bonchev–Trinajstić information content (AvgIpc) is 2.98. The first-order valence-electron chi connectivity index (χ1n) is 8.17. The minimum Gasteiger partial charge on any atom is -0.356 e. The first-order valence-corrected chi connectivity index (χ1v) is 8.17. The summed E-state index contributed by atoms with van der Waals surface area (Å²) in [5, 5.41) is 9.53. The third kappa shape index (κ3) is 2.69. The van der Waals surface area contributed by atoms with Crippen molar-refractivity contribution in [1.29, 1.82) is 0 Å². The molecule has 1 atom stereocenters. The van der Waals surface area contributed by atoms with Crippen LogP contribution >= 0.6 is 0 Å². The molecule has 1 aromatic heterocycles. The number of ketones is 2. The predicted octanol–water partition coefficient (Wildman–Crippen LogP) is 3.35. The number of benzene rings is 2. The Kier molecular flexibility index (Phi) is 3.60. The largest absolute Gasteiger partial charge is 0.356 e. The predicted molar refractivity (Wildman–Crippen MR) is 92.4 cm³/mol. The van der Waals surface area contributed by atoms with Crippen molar-refractivity contribution in [2.24, 2.45) is 0 Å². The molecule has 1 aliphatic rings. The van der Waals surface area contributed by atoms with Crippen molar-refractivity contribution in [1.82, 2.24) is 5.16 Å². The third-order valence-corrected chi connectivity index (χ3v) is 4.60. The van der Waals surface area contributed by atoms with Crippen LogP contribution in [0.1, 0.15) is 37.8 Å². The van der Waals surface area contributed by atoms with Gasteiger partial charge in [-0.25, -0.2) is 0 Å². The highest BCUT2D eigenvalue weighted by molar-refractivity contribution is 6.11. The molecule has 0 saturated heterocycles. The molecule has 1 heterocycles. The molecule has 0 bridgehead atoms. The van der Waals surface area contributed by atoms with Crippen LogP contribution in [0, 0.1) is 0 Å². The Balaban J connectivity index is 1.86. The number of amides is 1. The molecular weight excluding hydrogens is 320 g/mol. The van der Waals surface area contributed by atoms with Gasteiger partial charge in [0.25, 0.3) is 0 Å². The van der Waals surface area contributed by atoms with Gasteiger partial charge >= 0.3 is 0 Å². The van der Waals surface area contributed by atoms with Crippen LogP contribution in [-0.4, -0.2) is 22.6 Å². The van der Waals surface area contributed by atoms with E-state index in [1.54, 1.807) is 0 Å². The first kappa shape index (κ1) is 15.5. The summed E-state index contributed by atoms with van der Waals surface area (Å²) in [6.45, 7) is 1.46. The van der Waals surface area contributed by atoms with Crippen molar-refractivity contribution < 1.29 is 18.9 Å². The monoisotopic (exact) mass is 336 g/mol. The number of carbonyl (C=O) groups excluding carboxylic acids is 3. The Hall–Kier alpha value is -3.02. The van der Waals surface area contributed by atoms with Gasteiger partial charge in [0, 0.05) is 19.0 Å². The number of nitrogens with one attached hydrogen (secondary N) is 1. The van der Waals surface area contributed by atoms with E-state index in [0.29, 0.717) is 29.8 Å². The lowest BCUT2D eigenvalue weighted by molar-refractivity contribution is -0.130. The molecular formula is C19H16N2O4. The second-order valence-electron chi connectivity index (χ2n) is 6.40. The van der Waals surface area contributed by atoms with E-state index in [-0.39, 0.29) is 23.9 Å². The molecule has 126 valence electrons. The van der Waals surface area contributed by atoms with E-state index in [2.05, 4.69) is 10.5 Å². The van der Waals surface area contributed by atoms with Crippen LogP contribution in [-0.2, 0) is 14.4 Å². The molecule has 2 aromatic carbocycles. The fourth-order valence-electron chi connectivity index (χ4n) is 3.47. The minimum atomic E-state index is -0.403. The highest BCUT2D eigenvalue weighted by Crippen LogP contribution is 2.37. The van der Waals surface area contributed by atoms with E-state index in [9.17, 15) is 14.4 Å². The van der Waals surface area contributed by atoms with Crippen LogP contribution in [0.5, 0.6) is 0 Å². The van der Waals surface area contributed by atoms with E-state index in [1.165, 1.54) is 6.92 Å². The Morgan fingerprint density at radius 2 is 2.08 bits per heavy atom. The average molecular weight is 336 g/mol. The maximum absolute atomic E-state index is 12.3. The van der Waals surface area contributed by atoms with Gasteiger partial charge in [-0.1, -0.05) is 17.3 Å². The van der Waals surface area contributed by atoms with Crippen LogP contribution in [0.4, 0.5) is 5.69 Å². The Morgan fingerprint density at radius 1 is 1.24 bits per heavy atom. The van der Waals surface area contributed by atoms with Crippen molar-refractivity contribution >= 4 is 44.9 Å². The highest BCUT2D eigenvalue weighted by Gasteiger charge is 2.32. The highest BCUT2D eigenvalue weighted by atomic mass is 16.5. The second-order valence-corrected chi connectivity index (χ2v) is 6.40. The summed E-state index contributed by atoms with van der Waals surface area (Å²) in [5.41, 5.74) is 1.92. The van der Waals surface area contributed by atoms with Gasteiger partial charge < -0.3 is 9.84 Å². The SMILES string of the molecule is CC(=O)Nc1ccc2c(ccc3onc(C4CCC(=O)CC4=O)c32)c1. The molecule has 1 unspecified atom stereocenters. The van der Waals surface area contributed by atoms with Crippen LogP contribution in [0.25, 0.3) is 21.7 Å². The van der Waals surface area contributed by atoms with Gasteiger partial charge in [0.2, 0.25) is 5.91 Å². The molecule has 6 heteroatoms. The molecule has 1 saturated carbocycles. The quantitative estimate of drug-likeness (QED) is 0.725. The van der Waals surface area contributed by atoms with Gasteiger partial charge in [-0.15, -0.1) is 0 Å². The van der Waals surface area contributed by atoms with Gasteiger partial charge in [0.15, 0.2) is 5.58 Å². The number of aromatic nitrogens is 1. The Morgan fingerprint density at radius 3 is 2.84 bits per heavy atom. The van der Waals surface area contributed by atoms with Crippen molar-refractivity contribution in [2.75, 3.05) is 5.32 Å². The molecule has 0 aliphatic heterocycles. The fourth-order valence-corrected chi connectivity index (χ4v) is 3.47. The molecule has 3 aromatic rings. The van der Waals surface area contributed by atoms with E-state index in [1.807, 2.05) is 30.3 Å². The number of anilines is 1. The van der Waals surface area contributed by atoms with Crippen LogP contribution < -0.4 is 5.32 Å². The number of Topliss-reactive ketones (excluding diaryl/α,β-unsaturated/α-hetero) is 2. The zero-order valence-electron chi connectivity index (χ0n) is 13.7. The summed E-state index contributed by atoms with van der Waals surface area (Å²) < 4.78 is 5.42. The fraction of sp³-hybridized carbons (Fsp3) is 0.263. The molecule has 1 N–H and O–H groups in total. The summed E-state index contributed by atoms with van der Waals surface area (Å²) >= 11 is 0. The Labute approximate surface area is 143 Å². The molecule has 1 amide bonds. The molecule has 6 nitrogen and oxygen atoms in total. The van der Waals surface area contributed by atoms with Gasteiger partial charge in [-0.3, -0.25) is 14.4 Å². The zero-order valence-corrected chi connectivity index (χ0v) is 13.7. The Bertz CT molecular complexity index is 1030. The van der Waals surface area contributed by atoms with Crippen LogP contribution in [0.15, 0.2) is 34.9 Å². The molecule has 1 fully saturated rings. The number of hydrogen-bond acceptors (Lipinski definition) is 5. The molecule has 1 aliphatic carbocycles. The lowest BCUT2D eigenvalue weighted by Crippen LogP contribution is -2.23. The normalized spacial score (nSPS) is 18.0. The number of fused-ring (bicyclic) bond motifs is 3. The third-order valence-electron chi connectivity index (χ3n) is 4.60. The molecule has 25 heavy (non-hydrogen) atoms. The minimum absolute atomic E-state index is 0.0149. The number of nitrogens with zero attached hydrogens (tertiary/aromatic N) is 1. The molecule has 0 spiro atoms.